The van der Waals surface area contributed by atoms with E-state index in [4.69, 9.17) is 5.73 Å². The van der Waals surface area contributed by atoms with Gasteiger partial charge in [0.1, 0.15) is 12.1 Å². The van der Waals surface area contributed by atoms with Crippen LogP contribution in [0, 0.1) is 0 Å². The quantitative estimate of drug-likeness (QED) is 0.297. The molecule has 2 rings (SSSR count). The molecule has 0 aliphatic heterocycles. The average molecular weight is 418 g/mol. The van der Waals surface area contributed by atoms with E-state index in [2.05, 4.69) is 30.7 Å². The number of aryl methyl sites for hydroxylation is 1. The number of aliphatic imine (C=N–C) groups is 1. The van der Waals surface area contributed by atoms with Crippen molar-refractivity contribution in [3.05, 3.63) is 12.5 Å². The Balaban J connectivity index is 0.00000242. The number of nitrogens with one attached hydrogen (secondary N) is 2. The van der Waals surface area contributed by atoms with Crippen molar-refractivity contribution in [2.45, 2.75) is 26.3 Å². The SMILES string of the molecule is Cn1ncc2c(NCCN=C(N)NC(C)(C)C)ncnc21.I. The number of hydrogen-bond acceptors (Lipinski definition) is 5. The first-order valence-electron chi connectivity index (χ1n) is 6.81. The zero-order chi connectivity index (χ0) is 15.5. The topological polar surface area (TPSA) is 106 Å². The minimum atomic E-state index is -0.0878. The van der Waals surface area contributed by atoms with Gasteiger partial charge in [0.05, 0.1) is 18.1 Å². The number of nitrogens with two attached hydrogens (primary N) is 1. The second kappa shape index (κ2) is 7.56. The van der Waals surface area contributed by atoms with Crippen molar-refractivity contribution in [1.29, 1.82) is 0 Å². The lowest BCUT2D eigenvalue weighted by Gasteiger charge is -2.21. The van der Waals surface area contributed by atoms with Crippen LogP contribution in [0.3, 0.4) is 0 Å². The number of rotatable bonds is 4. The highest BCUT2D eigenvalue weighted by Crippen LogP contribution is 2.17. The second-order valence-electron chi connectivity index (χ2n) is 5.80. The van der Waals surface area contributed by atoms with Gasteiger partial charge in [0.25, 0.3) is 0 Å². The number of anilines is 1. The molecule has 0 spiro atoms. The Morgan fingerprint density at radius 3 is 2.77 bits per heavy atom. The lowest BCUT2D eigenvalue weighted by Crippen LogP contribution is -2.45. The minimum absolute atomic E-state index is 0. The maximum absolute atomic E-state index is 5.81. The van der Waals surface area contributed by atoms with Gasteiger partial charge in [0.15, 0.2) is 11.6 Å². The van der Waals surface area contributed by atoms with Crippen LogP contribution in [-0.4, -0.2) is 44.3 Å². The van der Waals surface area contributed by atoms with Crippen LogP contribution in [0.1, 0.15) is 20.8 Å². The van der Waals surface area contributed by atoms with Crippen LogP contribution >= 0.6 is 24.0 Å². The van der Waals surface area contributed by atoms with Gasteiger partial charge >= 0.3 is 0 Å². The third-order valence-electron chi connectivity index (χ3n) is 2.72. The first-order valence-corrected chi connectivity index (χ1v) is 6.81. The molecule has 2 aromatic rings. The summed E-state index contributed by atoms with van der Waals surface area (Å²) in [5.41, 5.74) is 6.51. The molecule has 0 fully saturated rings. The summed E-state index contributed by atoms with van der Waals surface area (Å²) in [4.78, 5) is 12.7. The first-order chi connectivity index (χ1) is 9.87. The highest BCUT2D eigenvalue weighted by Gasteiger charge is 2.09. The molecule has 2 aromatic heterocycles. The number of halogens is 1. The van der Waals surface area contributed by atoms with Crippen LogP contribution in [-0.2, 0) is 7.05 Å². The third-order valence-corrected chi connectivity index (χ3v) is 2.72. The fourth-order valence-corrected chi connectivity index (χ4v) is 1.88. The van der Waals surface area contributed by atoms with Crippen LogP contribution in [0.25, 0.3) is 11.0 Å². The predicted octanol–water partition coefficient (Wildman–Crippen LogP) is 1.10. The molecule has 0 aliphatic carbocycles. The summed E-state index contributed by atoms with van der Waals surface area (Å²) in [5.74, 6) is 1.20. The molecule has 0 amide bonds. The predicted molar refractivity (Wildman–Crippen MR) is 99.6 cm³/mol. The molecule has 0 atom stereocenters. The van der Waals surface area contributed by atoms with E-state index in [1.54, 1.807) is 10.9 Å². The number of guanidine groups is 1. The minimum Gasteiger partial charge on any atom is -0.370 e. The molecule has 0 bridgehead atoms. The Morgan fingerprint density at radius 1 is 1.36 bits per heavy atom. The van der Waals surface area contributed by atoms with Crippen molar-refractivity contribution < 1.29 is 0 Å². The fraction of sp³-hybridized carbons (Fsp3) is 0.538. The van der Waals surface area contributed by atoms with Crippen molar-refractivity contribution in [3.63, 3.8) is 0 Å². The highest BCUT2D eigenvalue weighted by atomic mass is 127. The van der Waals surface area contributed by atoms with Gasteiger partial charge in [-0.1, -0.05) is 0 Å². The zero-order valence-corrected chi connectivity index (χ0v) is 15.6. The Hall–Kier alpha value is -1.65. The van der Waals surface area contributed by atoms with E-state index in [1.165, 1.54) is 6.33 Å². The molecule has 9 heteroatoms. The van der Waals surface area contributed by atoms with E-state index in [-0.39, 0.29) is 29.5 Å². The molecule has 122 valence electrons. The maximum atomic E-state index is 5.81. The van der Waals surface area contributed by atoms with Crippen LogP contribution < -0.4 is 16.4 Å². The average Bonchev–Trinajstić information content (AvgIpc) is 2.75. The van der Waals surface area contributed by atoms with Gasteiger partial charge in [-0.25, -0.2) is 9.97 Å². The molecule has 0 aliphatic rings. The summed E-state index contributed by atoms with van der Waals surface area (Å²) < 4.78 is 1.71. The van der Waals surface area contributed by atoms with Gasteiger partial charge in [-0.2, -0.15) is 5.10 Å². The molecule has 0 radical (unpaired) electrons. The lowest BCUT2D eigenvalue weighted by atomic mass is 10.1. The summed E-state index contributed by atoms with van der Waals surface area (Å²) >= 11 is 0. The third kappa shape index (κ3) is 4.97. The van der Waals surface area contributed by atoms with E-state index in [9.17, 15) is 0 Å². The Morgan fingerprint density at radius 2 is 2.09 bits per heavy atom. The van der Waals surface area contributed by atoms with Crippen molar-refractivity contribution >= 4 is 46.8 Å². The van der Waals surface area contributed by atoms with Gasteiger partial charge in [0.2, 0.25) is 0 Å². The van der Waals surface area contributed by atoms with Crippen LogP contribution in [0.4, 0.5) is 5.82 Å². The van der Waals surface area contributed by atoms with Crippen molar-refractivity contribution in [3.8, 4) is 0 Å². The normalized spacial score (nSPS) is 12.1. The Labute approximate surface area is 147 Å². The van der Waals surface area contributed by atoms with Gasteiger partial charge in [-0.3, -0.25) is 9.67 Å². The standard InChI is InChI=1S/C13H22N8.HI/c1-13(2,3)20-12(14)16-6-5-15-10-9-7-19-21(4)11(9)18-8-17-10;/h7-8H,5-6H2,1-4H3,(H3,14,16,20)(H,15,17,18);1H. The van der Waals surface area contributed by atoms with E-state index < -0.39 is 0 Å². The molecule has 4 N–H and O–H groups in total. The molecule has 22 heavy (non-hydrogen) atoms. The first kappa shape index (κ1) is 18.4. The molecule has 8 nitrogen and oxygen atoms in total. The van der Waals surface area contributed by atoms with Gasteiger partial charge in [0, 0.05) is 19.1 Å². The summed E-state index contributed by atoms with van der Waals surface area (Å²) in [5, 5.41) is 11.4. The van der Waals surface area contributed by atoms with Crippen molar-refractivity contribution in [2.75, 3.05) is 18.4 Å². The smallest absolute Gasteiger partial charge is 0.189 e. The lowest BCUT2D eigenvalue weighted by molar-refractivity contribution is 0.508. The fourth-order valence-electron chi connectivity index (χ4n) is 1.88. The monoisotopic (exact) mass is 418 g/mol. The summed E-state index contributed by atoms with van der Waals surface area (Å²) in [6, 6.07) is 0. The maximum Gasteiger partial charge on any atom is 0.189 e. The Bertz CT molecular complexity index is 643. The molecule has 2 heterocycles. The van der Waals surface area contributed by atoms with E-state index in [0.29, 0.717) is 19.0 Å². The van der Waals surface area contributed by atoms with Crippen LogP contribution in [0.15, 0.2) is 17.5 Å². The van der Waals surface area contributed by atoms with E-state index in [1.807, 2.05) is 27.8 Å². The second-order valence-corrected chi connectivity index (χ2v) is 5.80. The van der Waals surface area contributed by atoms with Crippen molar-refractivity contribution in [2.24, 2.45) is 17.8 Å². The molecule has 0 saturated carbocycles. The van der Waals surface area contributed by atoms with Crippen LogP contribution in [0.2, 0.25) is 0 Å². The van der Waals surface area contributed by atoms with Gasteiger partial charge in [-0.05, 0) is 20.8 Å². The van der Waals surface area contributed by atoms with E-state index >= 15 is 0 Å². The molecular formula is C13H23IN8. The van der Waals surface area contributed by atoms with Gasteiger partial charge < -0.3 is 16.4 Å². The van der Waals surface area contributed by atoms with Crippen molar-refractivity contribution in [1.82, 2.24) is 25.1 Å². The summed E-state index contributed by atoms with van der Waals surface area (Å²) in [7, 11) is 1.85. The molecule has 0 aromatic carbocycles. The molecule has 0 unspecified atom stereocenters. The largest absolute Gasteiger partial charge is 0.370 e. The van der Waals surface area contributed by atoms with Crippen LogP contribution in [0.5, 0.6) is 0 Å². The number of aromatic nitrogens is 4. The highest BCUT2D eigenvalue weighted by molar-refractivity contribution is 14.0. The van der Waals surface area contributed by atoms with E-state index in [0.717, 1.165) is 16.9 Å². The summed E-state index contributed by atoms with van der Waals surface area (Å²) in [6.07, 6.45) is 3.27. The number of hydrogen-bond donors (Lipinski definition) is 3. The number of nitrogens with zero attached hydrogens (tertiary/aromatic N) is 5. The molecule has 0 saturated heterocycles. The Kier molecular flexibility index (Phi) is 6.33. The summed E-state index contributed by atoms with van der Waals surface area (Å²) in [6.45, 7) is 7.29. The number of fused-ring (bicyclic) bond motifs is 1. The molecular weight excluding hydrogens is 395 g/mol. The van der Waals surface area contributed by atoms with Gasteiger partial charge in [-0.15, -0.1) is 24.0 Å². The zero-order valence-electron chi connectivity index (χ0n) is 13.3.